The first kappa shape index (κ1) is 15.4. The van der Waals surface area contributed by atoms with E-state index in [9.17, 15) is 4.79 Å². The Bertz CT molecular complexity index is 610. The van der Waals surface area contributed by atoms with Gasteiger partial charge in [0, 0.05) is 11.6 Å². The molecule has 0 bridgehead atoms. The number of aryl methyl sites for hydroxylation is 1. The minimum absolute atomic E-state index is 0.145. The van der Waals surface area contributed by atoms with E-state index in [1.165, 1.54) is 0 Å². The summed E-state index contributed by atoms with van der Waals surface area (Å²) in [5.41, 5.74) is 2.01. The van der Waals surface area contributed by atoms with Gasteiger partial charge in [0.2, 0.25) is 0 Å². The maximum absolute atomic E-state index is 12.0. The molecule has 110 valence electrons. The summed E-state index contributed by atoms with van der Waals surface area (Å²) in [6.45, 7) is 4.15. The molecule has 1 N–H and O–H groups in total. The highest BCUT2D eigenvalue weighted by molar-refractivity contribution is 6.30. The summed E-state index contributed by atoms with van der Waals surface area (Å²) in [6, 6.07) is 15.0. The summed E-state index contributed by atoms with van der Waals surface area (Å²) < 4.78 is 5.68. The van der Waals surface area contributed by atoms with Crippen molar-refractivity contribution in [2.45, 2.75) is 26.5 Å². The molecule has 2 rings (SSSR count). The van der Waals surface area contributed by atoms with Gasteiger partial charge in [0.15, 0.2) is 6.10 Å². The smallest absolute Gasteiger partial charge is 0.261 e. The SMILES string of the molecule is Cc1ccccc1O[C@H](C)C(=O)NCc1ccc(Cl)cc1. The molecule has 0 aliphatic heterocycles. The maximum Gasteiger partial charge on any atom is 0.261 e. The van der Waals surface area contributed by atoms with E-state index in [0.717, 1.165) is 16.9 Å². The fourth-order valence-corrected chi connectivity index (χ4v) is 1.99. The average molecular weight is 304 g/mol. The minimum atomic E-state index is -0.543. The number of hydrogen-bond acceptors (Lipinski definition) is 2. The Morgan fingerprint density at radius 3 is 2.52 bits per heavy atom. The summed E-state index contributed by atoms with van der Waals surface area (Å²) in [4.78, 5) is 12.0. The third-order valence-corrected chi connectivity index (χ3v) is 3.40. The van der Waals surface area contributed by atoms with E-state index in [1.54, 1.807) is 19.1 Å². The van der Waals surface area contributed by atoms with Crippen LogP contribution >= 0.6 is 11.6 Å². The van der Waals surface area contributed by atoms with E-state index >= 15 is 0 Å². The van der Waals surface area contributed by atoms with Crippen LogP contribution in [0.1, 0.15) is 18.1 Å². The van der Waals surface area contributed by atoms with Gasteiger partial charge in [0.1, 0.15) is 5.75 Å². The molecule has 1 amide bonds. The maximum atomic E-state index is 12.0. The van der Waals surface area contributed by atoms with Crippen LogP contribution in [0.5, 0.6) is 5.75 Å². The van der Waals surface area contributed by atoms with Crippen LogP contribution in [0.2, 0.25) is 5.02 Å². The average Bonchev–Trinajstić information content (AvgIpc) is 2.48. The van der Waals surface area contributed by atoms with Crippen LogP contribution in [0.4, 0.5) is 0 Å². The molecule has 0 saturated carbocycles. The molecule has 2 aromatic rings. The molecule has 21 heavy (non-hydrogen) atoms. The molecule has 0 spiro atoms. The predicted molar refractivity (Wildman–Crippen MR) is 84.6 cm³/mol. The van der Waals surface area contributed by atoms with Gasteiger partial charge in [-0.3, -0.25) is 4.79 Å². The number of carbonyl (C=O) groups excluding carboxylic acids is 1. The van der Waals surface area contributed by atoms with Crippen molar-refractivity contribution in [3.8, 4) is 5.75 Å². The van der Waals surface area contributed by atoms with Gasteiger partial charge in [-0.1, -0.05) is 41.9 Å². The molecule has 4 heteroatoms. The molecule has 2 aromatic carbocycles. The van der Waals surface area contributed by atoms with Gasteiger partial charge < -0.3 is 10.1 Å². The third kappa shape index (κ3) is 4.50. The number of hydrogen-bond donors (Lipinski definition) is 1. The summed E-state index contributed by atoms with van der Waals surface area (Å²) in [7, 11) is 0. The summed E-state index contributed by atoms with van der Waals surface area (Å²) >= 11 is 5.82. The first-order chi connectivity index (χ1) is 10.1. The molecule has 0 radical (unpaired) electrons. The van der Waals surface area contributed by atoms with Crippen LogP contribution < -0.4 is 10.1 Å². The molecule has 0 heterocycles. The van der Waals surface area contributed by atoms with Crippen molar-refractivity contribution in [2.24, 2.45) is 0 Å². The van der Waals surface area contributed by atoms with E-state index in [0.29, 0.717) is 11.6 Å². The molecule has 0 aliphatic rings. The molecule has 0 aromatic heterocycles. The van der Waals surface area contributed by atoms with Gasteiger partial charge in [-0.2, -0.15) is 0 Å². The van der Waals surface area contributed by atoms with Crippen molar-refractivity contribution in [2.75, 3.05) is 0 Å². The monoisotopic (exact) mass is 303 g/mol. The number of carbonyl (C=O) groups is 1. The van der Waals surface area contributed by atoms with Gasteiger partial charge in [0.05, 0.1) is 0 Å². The first-order valence-corrected chi connectivity index (χ1v) is 7.18. The second-order valence-electron chi connectivity index (χ2n) is 4.87. The number of halogens is 1. The van der Waals surface area contributed by atoms with E-state index in [2.05, 4.69) is 5.32 Å². The number of ether oxygens (including phenoxy) is 1. The normalized spacial score (nSPS) is 11.8. The molecule has 0 fully saturated rings. The highest BCUT2D eigenvalue weighted by atomic mass is 35.5. The second kappa shape index (κ2) is 7.14. The molecular weight excluding hydrogens is 286 g/mol. The van der Waals surface area contributed by atoms with Gasteiger partial charge in [-0.25, -0.2) is 0 Å². The lowest BCUT2D eigenvalue weighted by Crippen LogP contribution is -2.36. The van der Waals surface area contributed by atoms with E-state index < -0.39 is 6.10 Å². The number of benzene rings is 2. The number of para-hydroxylation sites is 1. The second-order valence-corrected chi connectivity index (χ2v) is 5.31. The topological polar surface area (TPSA) is 38.3 Å². The van der Waals surface area contributed by atoms with Crippen molar-refractivity contribution in [3.63, 3.8) is 0 Å². The first-order valence-electron chi connectivity index (χ1n) is 6.80. The molecule has 0 aliphatic carbocycles. The minimum Gasteiger partial charge on any atom is -0.481 e. The lowest BCUT2D eigenvalue weighted by Gasteiger charge is -2.16. The molecule has 3 nitrogen and oxygen atoms in total. The van der Waals surface area contributed by atoms with Crippen molar-refractivity contribution >= 4 is 17.5 Å². The number of nitrogens with one attached hydrogen (secondary N) is 1. The van der Waals surface area contributed by atoms with E-state index in [1.807, 2.05) is 43.3 Å². The van der Waals surface area contributed by atoms with Crippen LogP contribution in [-0.4, -0.2) is 12.0 Å². The van der Waals surface area contributed by atoms with Crippen LogP contribution in [0, 0.1) is 6.92 Å². The lowest BCUT2D eigenvalue weighted by molar-refractivity contribution is -0.127. The highest BCUT2D eigenvalue weighted by Gasteiger charge is 2.14. The van der Waals surface area contributed by atoms with Crippen molar-refractivity contribution in [1.82, 2.24) is 5.32 Å². The number of rotatable bonds is 5. The summed E-state index contributed by atoms with van der Waals surface area (Å²) in [6.07, 6.45) is -0.543. The summed E-state index contributed by atoms with van der Waals surface area (Å²) in [5, 5.41) is 3.53. The quantitative estimate of drug-likeness (QED) is 0.914. The predicted octanol–water partition coefficient (Wildman–Crippen LogP) is 3.73. The Labute approximate surface area is 129 Å². The Balaban J connectivity index is 1.88. The van der Waals surface area contributed by atoms with E-state index in [4.69, 9.17) is 16.3 Å². The van der Waals surface area contributed by atoms with Crippen molar-refractivity contribution < 1.29 is 9.53 Å². The van der Waals surface area contributed by atoms with Crippen LogP contribution in [0.15, 0.2) is 48.5 Å². The van der Waals surface area contributed by atoms with E-state index in [-0.39, 0.29) is 5.91 Å². The van der Waals surface area contributed by atoms with Crippen LogP contribution in [0.3, 0.4) is 0 Å². The van der Waals surface area contributed by atoms with Gasteiger partial charge in [-0.15, -0.1) is 0 Å². The third-order valence-electron chi connectivity index (χ3n) is 3.15. The van der Waals surface area contributed by atoms with Crippen LogP contribution in [-0.2, 0) is 11.3 Å². The zero-order chi connectivity index (χ0) is 15.2. The van der Waals surface area contributed by atoms with Gasteiger partial charge >= 0.3 is 0 Å². The fraction of sp³-hybridized carbons (Fsp3) is 0.235. The number of amides is 1. The Hall–Kier alpha value is -2.00. The molecular formula is C17H18ClNO2. The largest absolute Gasteiger partial charge is 0.481 e. The summed E-state index contributed by atoms with van der Waals surface area (Å²) in [5.74, 6) is 0.583. The van der Waals surface area contributed by atoms with Gasteiger partial charge in [0.25, 0.3) is 5.91 Å². The Morgan fingerprint density at radius 1 is 1.19 bits per heavy atom. The molecule has 0 unspecified atom stereocenters. The zero-order valence-electron chi connectivity index (χ0n) is 12.1. The van der Waals surface area contributed by atoms with Crippen molar-refractivity contribution in [1.29, 1.82) is 0 Å². The Kier molecular flexibility index (Phi) is 5.23. The highest BCUT2D eigenvalue weighted by Crippen LogP contribution is 2.17. The van der Waals surface area contributed by atoms with Crippen LogP contribution in [0.25, 0.3) is 0 Å². The zero-order valence-corrected chi connectivity index (χ0v) is 12.9. The fourth-order valence-electron chi connectivity index (χ4n) is 1.87. The Morgan fingerprint density at radius 2 is 1.86 bits per heavy atom. The van der Waals surface area contributed by atoms with Crippen molar-refractivity contribution in [3.05, 3.63) is 64.7 Å². The molecule has 0 saturated heterocycles. The molecule has 1 atom stereocenters. The lowest BCUT2D eigenvalue weighted by atomic mass is 10.2. The van der Waals surface area contributed by atoms with Gasteiger partial charge in [-0.05, 0) is 43.2 Å². The standard InChI is InChI=1S/C17H18ClNO2/c1-12-5-3-4-6-16(12)21-13(2)17(20)19-11-14-7-9-15(18)10-8-14/h3-10,13H,11H2,1-2H3,(H,19,20)/t13-/m1/s1.